The molecular formula is C11H13Cl2F3N2O2S. The summed E-state index contributed by atoms with van der Waals surface area (Å²) in [5, 5.41) is -0.102. The molecule has 0 radical (unpaired) electrons. The van der Waals surface area contributed by atoms with Crippen molar-refractivity contribution in [2.45, 2.75) is 30.3 Å². The van der Waals surface area contributed by atoms with E-state index in [0.717, 1.165) is 0 Å². The SMILES string of the molecule is Nc1c(Cl)ccc(S(=O)(=O)NCCCCC(F)(F)F)c1Cl. The van der Waals surface area contributed by atoms with Gasteiger partial charge in [-0.3, -0.25) is 0 Å². The number of benzene rings is 1. The number of nitrogens with one attached hydrogen (secondary N) is 1. The number of anilines is 1. The largest absolute Gasteiger partial charge is 0.396 e. The Morgan fingerprint density at radius 1 is 1.19 bits per heavy atom. The van der Waals surface area contributed by atoms with Crippen molar-refractivity contribution >= 4 is 38.9 Å². The van der Waals surface area contributed by atoms with Gasteiger partial charge in [0, 0.05) is 13.0 Å². The fourth-order valence-electron chi connectivity index (χ4n) is 1.49. The molecule has 0 aliphatic carbocycles. The third kappa shape index (κ3) is 5.54. The minimum atomic E-state index is -4.24. The van der Waals surface area contributed by atoms with Crippen molar-refractivity contribution in [3.63, 3.8) is 0 Å². The average Bonchev–Trinajstić information content (AvgIpc) is 2.33. The third-order valence-electron chi connectivity index (χ3n) is 2.56. The summed E-state index contributed by atoms with van der Waals surface area (Å²) in [7, 11) is -3.95. The molecule has 0 aromatic heterocycles. The number of hydrogen-bond donors (Lipinski definition) is 2. The first-order valence-corrected chi connectivity index (χ1v) is 8.08. The summed E-state index contributed by atoms with van der Waals surface area (Å²) >= 11 is 11.5. The maximum absolute atomic E-state index is 12.0. The van der Waals surface area contributed by atoms with Crippen LogP contribution in [-0.4, -0.2) is 21.1 Å². The second-order valence-electron chi connectivity index (χ2n) is 4.24. The van der Waals surface area contributed by atoms with Gasteiger partial charge in [0.1, 0.15) is 4.90 Å². The van der Waals surface area contributed by atoms with Crippen molar-refractivity contribution in [2.24, 2.45) is 0 Å². The first kappa shape index (κ1) is 18.3. The number of rotatable bonds is 6. The first-order chi connectivity index (χ1) is 9.54. The van der Waals surface area contributed by atoms with E-state index in [1.54, 1.807) is 0 Å². The van der Waals surface area contributed by atoms with E-state index in [1.807, 2.05) is 0 Å². The van der Waals surface area contributed by atoms with E-state index in [4.69, 9.17) is 28.9 Å². The topological polar surface area (TPSA) is 72.2 Å². The number of alkyl halides is 3. The second-order valence-corrected chi connectivity index (χ2v) is 6.76. The van der Waals surface area contributed by atoms with Gasteiger partial charge in [-0.2, -0.15) is 13.2 Å². The van der Waals surface area contributed by atoms with Crippen molar-refractivity contribution in [1.82, 2.24) is 4.72 Å². The lowest BCUT2D eigenvalue weighted by molar-refractivity contribution is -0.135. The first-order valence-electron chi connectivity index (χ1n) is 5.84. The van der Waals surface area contributed by atoms with E-state index in [1.165, 1.54) is 12.1 Å². The van der Waals surface area contributed by atoms with E-state index in [2.05, 4.69) is 4.72 Å². The van der Waals surface area contributed by atoms with Gasteiger partial charge in [0.2, 0.25) is 10.0 Å². The van der Waals surface area contributed by atoms with E-state index in [-0.39, 0.29) is 40.0 Å². The van der Waals surface area contributed by atoms with E-state index in [9.17, 15) is 21.6 Å². The molecule has 21 heavy (non-hydrogen) atoms. The molecule has 1 aromatic carbocycles. The Morgan fingerprint density at radius 2 is 1.81 bits per heavy atom. The van der Waals surface area contributed by atoms with Crippen molar-refractivity contribution in [3.8, 4) is 0 Å². The van der Waals surface area contributed by atoms with Crippen LogP contribution in [0.15, 0.2) is 17.0 Å². The Kier molecular flexibility index (Phi) is 6.15. The van der Waals surface area contributed by atoms with Crippen LogP contribution >= 0.6 is 23.2 Å². The van der Waals surface area contributed by atoms with Crippen molar-refractivity contribution in [2.75, 3.05) is 12.3 Å². The van der Waals surface area contributed by atoms with Gasteiger partial charge in [0.25, 0.3) is 0 Å². The smallest absolute Gasteiger partial charge is 0.389 e. The summed E-state index contributed by atoms with van der Waals surface area (Å²) in [4.78, 5) is -0.262. The maximum atomic E-state index is 12.0. The van der Waals surface area contributed by atoms with Gasteiger partial charge in [-0.25, -0.2) is 13.1 Å². The van der Waals surface area contributed by atoms with Crippen LogP contribution in [0.2, 0.25) is 10.0 Å². The summed E-state index contributed by atoms with van der Waals surface area (Å²) < 4.78 is 61.9. The highest BCUT2D eigenvalue weighted by molar-refractivity contribution is 7.89. The van der Waals surface area contributed by atoms with E-state index < -0.39 is 22.6 Å². The maximum Gasteiger partial charge on any atom is 0.389 e. The Balaban J connectivity index is 2.65. The molecule has 0 bridgehead atoms. The monoisotopic (exact) mass is 364 g/mol. The Morgan fingerprint density at radius 3 is 2.38 bits per heavy atom. The van der Waals surface area contributed by atoms with Gasteiger partial charge in [-0.15, -0.1) is 0 Å². The molecule has 0 amide bonds. The van der Waals surface area contributed by atoms with Crippen LogP contribution in [0, 0.1) is 0 Å². The predicted octanol–water partition coefficient (Wildman–Crippen LogP) is 3.59. The highest BCUT2D eigenvalue weighted by atomic mass is 35.5. The van der Waals surface area contributed by atoms with Crippen LogP contribution in [0.25, 0.3) is 0 Å². The lowest BCUT2D eigenvalue weighted by atomic mass is 10.2. The van der Waals surface area contributed by atoms with E-state index >= 15 is 0 Å². The molecule has 1 rings (SSSR count). The van der Waals surface area contributed by atoms with Crippen LogP contribution in [-0.2, 0) is 10.0 Å². The van der Waals surface area contributed by atoms with E-state index in [0.29, 0.717) is 0 Å². The number of sulfonamides is 1. The second kappa shape index (κ2) is 7.04. The Hall–Kier alpha value is -0.700. The van der Waals surface area contributed by atoms with Gasteiger partial charge in [-0.05, 0) is 25.0 Å². The zero-order chi connectivity index (χ0) is 16.3. The number of nitrogen functional groups attached to an aromatic ring is 1. The fourth-order valence-corrected chi connectivity index (χ4v) is 3.33. The number of unbranched alkanes of at least 4 members (excludes halogenated alkanes) is 1. The molecule has 0 heterocycles. The average molecular weight is 365 g/mol. The molecule has 0 aliphatic heterocycles. The molecule has 0 saturated carbocycles. The predicted molar refractivity (Wildman–Crippen MR) is 76.0 cm³/mol. The Labute approximate surface area is 130 Å². The fraction of sp³-hybridized carbons (Fsp3) is 0.455. The molecule has 120 valence electrons. The van der Waals surface area contributed by atoms with Crippen LogP contribution in [0.1, 0.15) is 19.3 Å². The number of halogens is 5. The molecule has 0 atom stereocenters. The summed E-state index contributed by atoms with van der Waals surface area (Å²) in [6, 6.07) is 2.46. The molecule has 0 fully saturated rings. The van der Waals surface area contributed by atoms with Crippen LogP contribution in [0.4, 0.5) is 18.9 Å². The molecule has 0 unspecified atom stereocenters. The molecule has 0 saturated heterocycles. The summed E-state index contributed by atoms with van der Waals surface area (Å²) in [5.74, 6) is 0. The highest BCUT2D eigenvalue weighted by Gasteiger charge is 2.26. The van der Waals surface area contributed by atoms with Gasteiger partial charge >= 0.3 is 6.18 Å². The standard InChI is InChI=1S/C11H13Cl2F3N2O2S/c12-7-3-4-8(9(13)10(7)17)21(19,20)18-6-2-1-5-11(14,15)16/h3-4,18H,1-2,5-6,17H2. The molecule has 0 spiro atoms. The summed E-state index contributed by atoms with van der Waals surface area (Å²) in [5.41, 5.74) is 5.45. The number of hydrogen-bond acceptors (Lipinski definition) is 3. The molecular weight excluding hydrogens is 352 g/mol. The third-order valence-corrected chi connectivity index (χ3v) is 4.91. The summed E-state index contributed by atoms with van der Waals surface area (Å²) in [6.45, 7) is -0.128. The van der Waals surface area contributed by atoms with Crippen molar-refractivity contribution < 1.29 is 21.6 Å². The Bertz CT molecular complexity index is 606. The highest BCUT2D eigenvalue weighted by Crippen LogP contribution is 2.33. The molecule has 1 aromatic rings. The minimum absolute atomic E-state index is 0.0550. The molecule has 3 N–H and O–H groups in total. The van der Waals surface area contributed by atoms with Gasteiger partial charge in [0.05, 0.1) is 15.7 Å². The van der Waals surface area contributed by atoms with Crippen LogP contribution in [0.5, 0.6) is 0 Å². The van der Waals surface area contributed by atoms with Crippen LogP contribution < -0.4 is 10.5 Å². The lowest BCUT2D eigenvalue weighted by Gasteiger charge is -2.11. The number of nitrogens with two attached hydrogens (primary N) is 1. The minimum Gasteiger partial charge on any atom is -0.396 e. The zero-order valence-corrected chi connectivity index (χ0v) is 13.0. The van der Waals surface area contributed by atoms with Crippen molar-refractivity contribution in [1.29, 1.82) is 0 Å². The lowest BCUT2D eigenvalue weighted by Crippen LogP contribution is -2.25. The summed E-state index contributed by atoms with van der Waals surface area (Å²) in [6.07, 6.45) is -5.31. The normalized spacial score (nSPS) is 12.6. The van der Waals surface area contributed by atoms with Crippen LogP contribution in [0.3, 0.4) is 0 Å². The quantitative estimate of drug-likeness (QED) is 0.598. The van der Waals surface area contributed by atoms with Gasteiger partial charge in [0.15, 0.2) is 0 Å². The van der Waals surface area contributed by atoms with Gasteiger partial charge < -0.3 is 5.73 Å². The molecule has 4 nitrogen and oxygen atoms in total. The molecule has 10 heteroatoms. The zero-order valence-electron chi connectivity index (χ0n) is 10.7. The molecule has 0 aliphatic rings. The van der Waals surface area contributed by atoms with Gasteiger partial charge in [-0.1, -0.05) is 23.2 Å². The van der Waals surface area contributed by atoms with Crippen molar-refractivity contribution in [3.05, 3.63) is 22.2 Å².